The number of benzene rings is 3. The molecule has 3 rings (SSSR count). The highest BCUT2D eigenvalue weighted by Crippen LogP contribution is 2.25. The van der Waals surface area contributed by atoms with Gasteiger partial charge in [-0.05, 0) is 80.6 Å². The Morgan fingerprint density at radius 1 is 0.921 bits per heavy atom. The van der Waals surface area contributed by atoms with Crippen LogP contribution in [0.15, 0.2) is 76.5 Å². The number of amides is 1. The fraction of sp³-hybridized carbons (Fsp3) is 0.167. The number of hydrogen-bond donors (Lipinski definition) is 3. The van der Waals surface area contributed by atoms with Crippen molar-refractivity contribution in [3.05, 3.63) is 77.3 Å². The Labute approximate surface area is 225 Å². The molecule has 0 aromatic heterocycles. The molecule has 3 aromatic rings. The second-order valence-corrected chi connectivity index (χ2v) is 11.5. The Morgan fingerprint density at radius 2 is 1.50 bits per heavy atom. The van der Waals surface area contributed by atoms with E-state index < -0.39 is 38.0 Å². The van der Waals surface area contributed by atoms with Crippen molar-refractivity contribution in [3.8, 4) is 5.75 Å². The molecule has 14 heteroatoms. The molecule has 11 nitrogen and oxygen atoms in total. The number of primary sulfonamides is 1. The third-order valence-corrected chi connectivity index (χ3v) is 7.63. The van der Waals surface area contributed by atoms with Crippen molar-refractivity contribution in [3.63, 3.8) is 0 Å². The van der Waals surface area contributed by atoms with Gasteiger partial charge in [-0.15, -0.1) is 0 Å². The predicted octanol–water partition coefficient (Wildman–Crippen LogP) is 3.37. The smallest absolute Gasteiger partial charge is 0.340 e. The number of hydrogen-bond acceptors (Lipinski definition) is 8. The normalized spacial score (nSPS) is 12.3. The summed E-state index contributed by atoms with van der Waals surface area (Å²) in [5.74, 6) is -1.18. The van der Waals surface area contributed by atoms with Crippen LogP contribution in [0.25, 0.3) is 0 Å². The zero-order valence-corrected chi connectivity index (χ0v) is 22.6. The van der Waals surface area contributed by atoms with Crippen LogP contribution >= 0.6 is 11.6 Å². The fourth-order valence-corrected chi connectivity index (χ4v) is 4.87. The first-order chi connectivity index (χ1) is 17.8. The van der Waals surface area contributed by atoms with Crippen LogP contribution in [0.2, 0.25) is 5.02 Å². The molecule has 1 atom stereocenters. The standard InChI is InChI=1S/C24H24ClN3O8S2/c1-3-35-18-8-4-17(5-9-18)28-38(33,34)20-12-13-22(25)21(14-20)24(30)36-15(2)23(29)27-16-6-10-19(11-7-16)37(26,31)32/h4-15,28H,3H2,1-2H3,(H,27,29)(H2,26,31,32)/t15-/m1/s1. The lowest BCUT2D eigenvalue weighted by atomic mass is 10.2. The molecule has 0 radical (unpaired) electrons. The first-order valence-corrected chi connectivity index (χ1v) is 14.4. The van der Waals surface area contributed by atoms with Gasteiger partial charge in [-0.1, -0.05) is 11.6 Å². The topological polar surface area (TPSA) is 171 Å². The lowest BCUT2D eigenvalue weighted by Gasteiger charge is -2.15. The molecule has 38 heavy (non-hydrogen) atoms. The van der Waals surface area contributed by atoms with Gasteiger partial charge in [0.1, 0.15) is 5.75 Å². The quantitative estimate of drug-likeness (QED) is 0.306. The lowest BCUT2D eigenvalue weighted by Crippen LogP contribution is -2.30. The number of sulfonamides is 2. The molecule has 0 bridgehead atoms. The molecule has 3 aromatic carbocycles. The summed E-state index contributed by atoms with van der Waals surface area (Å²) in [5, 5.41) is 7.43. The van der Waals surface area contributed by atoms with Gasteiger partial charge in [0.15, 0.2) is 6.10 Å². The first kappa shape index (κ1) is 28.9. The van der Waals surface area contributed by atoms with Crippen molar-refractivity contribution in [1.29, 1.82) is 0 Å². The van der Waals surface area contributed by atoms with Gasteiger partial charge in [0.2, 0.25) is 10.0 Å². The average molecular weight is 582 g/mol. The second-order valence-electron chi connectivity index (χ2n) is 7.81. The molecule has 0 aliphatic heterocycles. The predicted molar refractivity (Wildman–Crippen MR) is 141 cm³/mol. The van der Waals surface area contributed by atoms with E-state index >= 15 is 0 Å². The highest BCUT2D eigenvalue weighted by Gasteiger charge is 2.24. The molecule has 0 spiro atoms. The largest absolute Gasteiger partial charge is 0.494 e. The maximum absolute atomic E-state index is 12.9. The summed E-state index contributed by atoms with van der Waals surface area (Å²) in [6.45, 7) is 3.58. The summed E-state index contributed by atoms with van der Waals surface area (Å²) in [5.41, 5.74) is 0.241. The zero-order valence-electron chi connectivity index (χ0n) is 20.2. The summed E-state index contributed by atoms with van der Waals surface area (Å²) < 4.78 is 61.3. The van der Waals surface area contributed by atoms with Crippen molar-refractivity contribution in [2.24, 2.45) is 5.14 Å². The zero-order chi connectivity index (χ0) is 28.1. The van der Waals surface area contributed by atoms with E-state index in [0.29, 0.717) is 12.4 Å². The molecule has 1 amide bonds. The summed E-state index contributed by atoms with van der Waals surface area (Å²) in [6.07, 6.45) is -1.31. The van der Waals surface area contributed by atoms with Crippen LogP contribution in [0.5, 0.6) is 5.75 Å². The molecule has 202 valence electrons. The number of carbonyl (C=O) groups excluding carboxylic acids is 2. The SMILES string of the molecule is CCOc1ccc(NS(=O)(=O)c2ccc(Cl)c(C(=O)O[C@H](C)C(=O)Nc3ccc(S(N)(=O)=O)cc3)c2)cc1. The van der Waals surface area contributed by atoms with E-state index in [-0.39, 0.29) is 31.8 Å². The minimum Gasteiger partial charge on any atom is -0.494 e. The van der Waals surface area contributed by atoms with Gasteiger partial charge in [-0.2, -0.15) is 0 Å². The second kappa shape index (κ2) is 11.8. The van der Waals surface area contributed by atoms with Crippen LogP contribution in [-0.2, 0) is 29.6 Å². The summed E-state index contributed by atoms with van der Waals surface area (Å²) >= 11 is 6.10. The first-order valence-electron chi connectivity index (χ1n) is 11.0. The Bertz CT molecular complexity index is 1540. The van der Waals surface area contributed by atoms with Gasteiger partial charge >= 0.3 is 5.97 Å². The molecule has 4 N–H and O–H groups in total. The number of ether oxygens (including phenoxy) is 2. The van der Waals surface area contributed by atoms with Crippen molar-refractivity contribution in [1.82, 2.24) is 0 Å². The van der Waals surface area contributed by atoms with E-state index in [4.69, 9.17) is 26.2 Å². The molecule has 0 heterocycles. The minimum atomic E-state index is -4.10. The van der Waals surface area contributed by atoms with Crippen molar-refractivity contribution in [2.75, 3.05) is 16.6 Å². The van der Waals surface area contributed by atoms with Crippen LogP contribution in [0.4, 0.5) is 11.4 Å². The number of nitrogens with two attached hydrogens (primary N) is 1. The maximum atomic E-state index is 12.9. The van der Waals surface area contributed by atoms with E-state index in [2.05, 4.69) is 10.0 Å². The average Bonchev–Trinajstić information content (AvgIpc) is 2.85. The highest BCUT2D eigenvalue weighted by atomic mass is 35.5. The highest BCUT2D eigenvalue weighted by molar-refractivity contribution is 7.92. The molecule has 0 aliphatic rings. The van der Waals surface area contributed by atoms with Gasteiger partial charge in [0.05, 0.1) is 27.0 Å². The molecular weight excluding hydrogens is 558 g/mol. The number of esters is 1. The third-order valence-electron chi connectivity index (χ3n) is 4.99. The van der Waals surface area contributed by atoms with Gasteiger partial charge < -0.3 is 14.8 Å². The molecule has 0 aliphatic carbocycles. The number of halogens is 1. The fourth-order valence-electron chi connectivity index (χ4n) is 3.08. The van der Waals surface area contributed by atoms with Gasteiger partial charge in [0.25, 0.3) is 15.9 Å². The van der Waals surface area contributed by atoms with Gasteiger partial charge in [-0.3, -0.25) is 9.52 Å². The van der Waals surface area contributed by atoms with E-state index in [0.717, 1.165) is 6.07 Å². The van der Waals surface area contributed by atoms with Crippen LogP contribution in [0.3, 0.4) is 0 Å². The monoisotopic (exact) mass is 581 g/mol. The van der Waals surface area contributed by atoms with E-state index in [1.807, 2.05) is 6.92 Å². The molecule has 0 saturated heterocycles. The summed E-state index contributed by atoms with van der Waals surface area (Å²) in [4.78, 5) is 24.8. The number of carbonyl (C=O) groups is 2. The van der Waals surface area contributed by atoms with Crippen molar-refractivity contribution < 1.29 is 35.9 Å². The Kier molecular flexibility index (Phi) is 8.99. The summed E-state index contributed by atoms with van der Waals surface area (Å²) in [7, 11) is -8.00. The summed E-state index contributed by atoms with van der Waals surface area (Å²) in [6, 6.07) is 14.8. The van der Waals surface area contributed by atoms with Gasteiger partial charge in [0, 0.05) is 11.4 Å². The Balaban J connectivity index is 1.70. The third kappa shape index (κ3) is 7.44. The van der Waals surface area contributed by atoms with Crippen LogP contribution in [-0.4, -0.2) is 41.4 Å². The van der Waals surface area contributed by atoms with Crippen LogP contribution in [0, 0.1) is 0 Å². The maximum Gasteiger partial charge on any atom is 0.340 e. The Morgan fingerprint density at radius 3 is 2.08 bits per heavy atom. The molecular formula is C24H24ClN3O8S2. The van der Waals surface area contributed by atoms with E-state index in [1.165, 1.54) is 55.5 Å². The number of nitrogens with one attached hydrogen (secondary N) is 2. The molecule has 0 fully saturated rings. The molecule has 0 unspecified atom stereocenters. The van der Waals surface area contributed by atoms with E-state index in [1.54, 1.807) is 12.1 Å². The Hall–Kier alpha value is -3.65. The number of anilines is 2. The van der Waals surface area contributed by atoms with Crippen molar-refractivity contribution in [2.45, 2.75) is 29.7 Å². The number of rotatable bonds is 10. The van der Waals surface area contributed by atoms with Crippen LogP contribution in [0.1, 0.15) is 24.2 Å². The lowest BCUT2D eigenvalue weighted by molar-refractivity contribution is -0.123. The van der Waals surface area contributed by atoms with E-state index in [9.17, 15) is 26.4 Å². The molecule has 0 saturated carbocycles. The van der Waals surface area contributed by atoms with Crippen molar-refractivity contribution >= 4 is 54.9 Å². The van der Waals surface area contributed by atoms with Crippen LogP contribution < -0.4 is 19.9 Å². The minimum absolute atomic E-state index is 0.0822. The van der Waals surface area contributed by atoms with Gasteiger partial charge in [-0.25, -0.2) is 26.8 Å².